The van der Waals surface area contributed by atoms with Crippen molar-refractivity contribution in [2.75, 3.05) is 7.11 Å². The molecule has 12 heteroatoms. The van der Waals surface area contributed by atoms with Gasteiger partial charge in [0.15, 0.2) is 11.5 Å². The van der Waals surface area contributed by atoms with Gasteiger partial charge < -0.3 is 14.5 Å². The van der Waals surface area contributed by atoms with Crippen LogP contribution in [0.3, 0.4) is 0 Å². The van der Waals surface area contributed by atoms with Crippen molar-refractivity contribution in [3.63, 3.8) is 0 Å². The van der Waals surface area contributed by atoms with E-state index in [0.29, 0.717) is 46.8 Å². The highest BCUT2D eigenvalue weighted by molar-refractivity contribution is 9.10. The van der Waals surface area contributed by atoms with E-state index in [1.165, 1.54) is 7.11 Å². The normalized spacial score (nSPS) is 16.3. The number of halogens is 7. The lowest BCUT2D eigenvalue weighted by Gasteiger charge is -2.26. The third-order valence-electron chi connectivity index (χ3n) is 5.83. The monoisotopic (exact) mass is 563 g/mol. The van der Waals surface area contributed by atoms with Crippen LogP contribution in [0.4, 0.5) is 26.3 Å². The molecule has 0 unspecified atom stereocenters. The van der Waals surface area contributed by atoms with Crippen LogP contribution >= 0.6 is 15.9 Å². The molecule has 0 saturated heterocycles. The van der Waals surface area contributed by atoms with Gasteiger partial charge in [-0.15, -0.1) is 0 Å². The highest BCUT2D eigenvalue weighted by Crippen LogP contribution is 2.42. The van der Waals surface area contributed by atoms with Crippen molar-refractivity contribution in [2.45, 2.75) is 50.3 Å². The zero-order valence-electron chi connectivity index (χ0n) is 18.4. The van der Waals surface area contributed by atoms with Gasteiger partial charge in [-0.05, 0) is 53.0 Å². The minimum Gasteiger partial charge on any atom is -0.493 e. The Morgan fingerprint density at radius 3 is 2.49 bits per heavy atom. The first-order chi connectivity index (χ1) is 16.5. The lowest BCUT2D eigenvalue weighted by atomic mass is 9.86. The number of hydrogen-bond acceptors (Lipinski definition) is 4. The van der Waals surface area contributed by atoms with Crippen molar-refractivity contribution in [2.24, 2.45) is 0 Å². The number of hydrogen-bond donors (Lipinski definition) is 1. The van der Waals surface area contributed by atoms with Crippen molar-refractivity contribution in [1.82, 2.24) is 15.0 Å². The fraction of sp³-hybridized carbons (Fsp3) is 0.391. The van der Waals surface area contributed by atoms with Gasteiger partial charge in [0.05, 0.1) is 12.7 Å². The van der Waals surface area contributed by atoms with Crippen LogP contribution in [0.5, 0.6) is 11.5 Å². The van der Waals surface area contributed by atoms with Gasteiger partial charge in [0.1, 0.15) is 34.2 Å². The molecular weight excluding hydrogens is 544 g/mol. The summed E-state index contributed by atoms with van der Waals surface area (Å²) in [6.07, 6.45) is -3.86. The second kappa shape index (κ2) is 9.71. The van der Waals surface area contributed by atoms with Gasteiger partial charge in [0.25, 0.3) is 0 Å². The number of aromatic nitrogens is 3. The maximum Gasteiger partial charge on any atom is 0.417 e. The molecule has 2 heterocycles. The first kappa shape index (κ1) is 25.3. The van der Waals surface area contributed by atoms with Crippen LogP contribution in [0.15, 0.2) is 35.1 Å². The molecule has 1 aliphatic carbocycles. The number of nitrogens with one attached hydrogen (secondary N) is 1. The Kier molecular flexibility index (Phi) is 7.03. The van der Waals surface area contributed by atoms with Gasteiger partial charge in [-0.2, -0.15) is 13.2 Å². The van der Waals surface area contributed by atoms with E-state index in [2.05, 4.69) is 30.9 Å². The zero-order chi connectivity index (χ0) is 25.4. The molecule has 0 amide bonds. The SMILES string of the molecule is COc1cc(-c2nc(C3CCC(F)(F)CC3)[nH]c2Br)ccc1OCc1ncc(C(F)(F)F)cc1F. The van der Waals surface area contributed by atoms with Crippen molar-refractivity contribution in [3.05, 3.63) is 58.0 Å². The Bertz CT molecular complexity index is 1200. The highest BCUT2D eigenvalue weighted by atomic mass is 79.9. The Labute approximate surface area is 205 Å². The smallest absolute Gasteiger partial charge is 0.417 e. The van der Waals surface area contributed by atoms with E-state index in [-0.39, 0.29) is 36.0 Å². The van der Waals surface area contributed by atoms with Crippen LogP contribution in [0.1, 0.15) is 48.7 Å². The molecule has 0 spiro atoms. The number of H-pyrrole nitrogens is 1. The predicted molar refractivity (Wildman–Crippen MR) is 118 cm³/mol. The molecule has 1 aromatic carbocycles. The molecule has 1 fully saturated rings. The van der Waals surface area contributed by atoms with Crippen molar-refractivity contribution >= 4 is 15.9 Å². The first-order valence-electron chi connectivity index (χ1n) is 10.6. The molecule has 2 aromatic heterocycles. The lowest BCUT2D eigenvalue weighted by Crippen LogP contribution is -2.24. The highest BCUT2D eigenvalue weighted by Gasteiger charge is 2.36. The van der Waals surface area contributed by atoms with E-state index < -0.39 is 30.1 Å². The number of nitrogens with zero attached hydrogens (tertiary/aromatic N) is 2. The van der Waals surface area contributed by atoms with E-state index in [4.69, 9.17) is 9.47 Å². The van der Waals surface area contributed by atoms with Crippen molar-refractivity contribution < 1.29 is 35.8 Å². The topological polar surface area (TPSA) is 60.0 Å². The lowest BCUT2D eigenvalue weighted by molar-refractivity contribution is -0.138. The maximum atomic E-state index is 14.1. The number of rotatable bonds is 6. The second-order valence-corrected chi connectivity index (χ2v) is 9.01. The predicted octanol–water partition coefficient (Wildman–Crippen LogP) is 7.27. The molecule has 5 nitrogen and oxygen atoms in total. The van der Waals surface area contributed by atoms with Gasteiger partial charge >= 0.3 is 6.18 Å². The van der Waals surface area contributed by atoms with E-state index in [9.17, 15) is 26.3 Å². The Balaban J connectivity index is 1.50. The molecule has 1 aliphatic rings. The molecule has 0 atom stereocenters. The summed E-state index contributed by atoms with van der Waals surface area (Å²) in [5.74, 6) is -2.75. The molecule has 4 rings (SSSR count). The Morgan fingerprint density at radius 1 is 1.14 bits per heavy atom. The third kappa shape index (κ3) is 5.74. The van der Waals surface area contributed by atoms with E-state index in [0.717, 1.165) is 0 Å². The number of benzene rings is 1. The van der Waals surface area contributed by atoms with Gasteiger partial charge in [0.2, 0.25) is 5.92 Å². The molecule has 3 aromatic rings. The van der Waals surface area contributed by atoms with Crippen molar-refractivity contribution in [3.8, 4) is 22.8 Å². The summed E-state index contributed by atoms with van der Waals surface area (Å²) >= 11 is 3.43. The Morgan fingerprint density at radius 2 is 1.86 bits per heavy atom. The van der Waals surface area contributed by atoms with Crippen LogP contribution in [-0.4, -0.2) is 28.0 Å². The van der Waals surface area contributed by atoms with Gasteiger partial charge in [-0.1, -0.05) is 0 Å². The van der Waals surface area contributed by atoms with Crippen LogP contribution in [0, 0.1) is 5.82 Å². The summed E-state index contributed by atoms with van der Waals surface area (Å²) in [6.45, 7) is -0.414. The summed E-state index contributed by atoms with van der Waals surface area (Å²) in [6, 6.07) is 5.23. The summed E-state index contributed by atoms with van der Waals surface area (Å²) in [4.78, 5) is 11.2. The summed E-state index contributed by atoms with van der Waals surface area (Å²) < 4.78 is 90.6. The fourth-order valence-electron chi connectivity index (χ4n) is 3.88. The number of aromatic amines is 1. The van der Waals surface area contributed by atoms with Gasteiger partial charge in [-0.3, -0.25) is 4.98 Å². The minimum absolute atomic E-state index is 0.102. The molecule has 1 N–H and O–H groups in total. The summed E-state index contributed by atoms with van der Waals surface area (Å²) in [5.41, 5.74) is -0.283. The quantitative estimate of drug-likeness (QED) is 0.320. The van der Waals surface area contributed by atoms with Crippen LogP contribution in [-0.2, 0) is 12.8 Å². The standard InChI is InChI=1S/C23H20BrF6N3O2/c1-34-18-8-13(19-20(24)33-21(32-19)12-4-6-22(26,27)7-5-12)2-3-17(18)35-11-16-15(25)9-14(10-31-16)23(28,29)30/h2-3,8-10,12H,4-7,11H2,1H3,(H,32,33). The minimum atomic E-state index is -4.70. The average Bonchev–Trinajstić information content (AvgIpc) is 3.19. The summed E-state index contributed by atoms with van der Waals surface area (Å²) in [5, 5.41) is 0. The number of imidazole rings is 1. The van der Waals surface area contributed by atoms with E-state index in [1.807, 2.05) is 0 Å². The third-order valence-corrected chi connectivity index (χ3v) is 6.40. The molecule has 35 heavy (non-hydrogen) atoms. The van der Waals surface area contributed by atoms with Gasteiger partial charge in [-0.25, -0.2) is 18.2 Å². The first-order valence-corrected chi connectivity index (χ1v) is 11.4. The number of methoxy groups -OCH3 is 1. The molecule has 0 radical (unpaired) electrons. The molecule has 0 aliphatic heterocycles. The van der Waals surface area contributed by atoms with E-state index >= 15 is 0 Å². The molecule has 0 bridgehead atoms. The van der Waals surface area contributed by atoms with Crippen LogP contribution in [0.2, 0.25) is 0 Å². The Hall–Kier alpha value is -2.76. The average molecular weight is 564 g/mol. The number of alkyl halides is 5. The van der Waals surface area contributed by atoms with E-state index in [1.54, 1.807) is 18.2 Å². The maximum absolute atomic E-state index is 14.1. The number of ether oxygens (including phenoxy) is 2. The summed E-state index contributed by atoms with van der Waals surface area (Å²) in [7, 11) is 1.40. The molecule has 188 valence electrons. The van der Waals surface area contributed by atoms with Crippen LogP contribution < -0.4 is 9.47 Å². The van der Waals surface area contributed by atoms with Crippen molar-refractivity contribution in [1.29, 1.82) is 0 Å². The fourth-order valence-corrected chi connectivity index (χ4v) is 4.40. The zero-order valence-corrected chi connectivity index (χ0v) is 19.9. The molecular formula is C23H20BrF6N3O2. The number of pyridine rings is 1. The largest absolute Gasteiger partial charge is 0.493 e. The van der Waals surface area contributed by atoms with Crippen LogP contribution in [0.25, 0.3) is 11.3 Å². The second-order valence-electron chi connectivity index (χ2n) is 8.22. The van der Waals surface area contributed by atoms with Gasteiger partial charge in [0, 0.05) is 30.5 Å². The molecule has 1 saturated carbocycles.